The van der Waals surface area contributed by atoms with Gasteiger partial charge in [-0.3, -0.25) is 4.90 Å². The average molecular weight is 309 g/mol. The Morgan fingerprint density at radius 2 is 1.95 bits per heavy atom. The molecule has 1 unspecified atom stereocenters. The molecule has 0 aliphatic carbocycles. The largest absolute Gasteiger partial charge is 0.385 e. The fourth-order valence-electron chi connectivity index (χ4n) is 3.28. The van der Waals surface area contributed by atoms with Crippen LogP contribution in [-0.2, 0) is 10.0 Å². The SMILES string of the molecule is CCNc1ccc(S(=O)(=O)N2CCN3CCCC3C2)cc1. The monoisotopic (exact) mass is 309 g/mol. The van der Waals surface area contributed by atoms with Crippen LogP contribution in [0.2, 0.25) is 0 Å². The fourth-order valence-corrected chi connectivity index (χ4v) is 4.75. The van der Waals surface area contributed by atoms with Gasteiger partial charge in [0.05, 0.1) is 4.90 Å². The number of piperazine rings is 1. The molecular weight excluding hydrogens is 286 g/mol. The first kappa shape index (κ1) is 14.8. The number of fused-ring (bicyclic) bond motifs is 1. The molecule has 0 bridgehead atoms. The van der Waals surface area contributed by atoms with Gasteiger partial charge in [-0.1, -0.05) is 0 Å². The Kier molecular flexibility index (Phi) is 4.19. The summed E-state index contributed by atoms with van der Waals surface area (Å²) in [5.41, 5.74) is 0.956. The molecular formula is C15H23N3O2S. The van der Waals surface area contributed by atoms with E-state index in [1.54, 1.807) is 16.4 Å². The van der Waals surface area contributed by atoms with Crippen LogP contribution in [0.15, 0.2) is 29.2 Å². The molecule has 1 aromatic carbocycles. The highest BCUT2D eigenvalue weighted by molar-refractivity contribution is 7.89. The van der Waals surface area contributed by atoms with Crippen molar-refractivity contribution in [2.24, 2.45) is 0 Å². The molecule has 1 atom stereocenters. The molecule has 2 aliphatic rings. The zero-order valence-corrected chi connectivity index (χ0v) is 13.3. The van der Waals surface area contributed by atoms with Crippen LogP contribution in [0.25, 0.3) is 0 Å². The second-order valence-electron chi connectivity index (χ2n) is 5.75. The molecule has 2 saturated heterocycles. The van der Waals surface area contributed by atoms with Gasteiger partial charge in [0.2, 0.25) is 10.0 Å². The van der Waals surface area contributed by atoms with Gasteiger partial charge in [-0.2, -0.15) is 4.31 Å². The number of nitrogens with zero attached hydrogens (tertiary/aromatic N) is 2. The lowest BCUT2D eigenvalue weighted by atomic mass is 10.2. The Bertz CT molecular complexity index is 585. The van der Waals surface area contributed by atoms with E-state index in [9.17, 15) is 8.42 Å². The van der Waals surface area contributed by atoms with Crippen molar-refractivity contribution < 1.29 is 8.42 Å². The number of benzene rings is 1. The molecule has 0 amide bonds. The highest BCUT2D eigenvalue weighted by atomic mass is 32.2. The fraction of sp³-hybridized carbons (Fsp3) is 0.600. The third-order valence-corrected chi connectivity index (χ3v) is 6.30. The van der Waals surface area contributed by atoms with Gasteiger partial charge in [0.1, 0.15) is 0 Å². The van der Waals surface area contributed by atoms with Crippen LogP contribution in [0, 0.1) is 0 Å². The number of hydrogen-bond acceptors (Lipinski definition) is 4. The first-order valence-electron chi connectivity index (χ1n) is 7.69. The molecule has 0 aromatic heterocycles. The Morgan fingerprint density at radius 3 is 2.67 bits per heavy atom. The van der Waals surface area contributed by atoms with Crippen molar-refractivity contribution in [1.29, 1.82) is 0 Å². The lowest BCUT2D eigenvalue weighted by Gasteiger charge is -2.36. The number of anilines is 1. The maximum atomic E-state index is 12.7. The van der Waals surface area contributed by atoms with Crippen molar-refractivity contribution in [3.63, 3.8) is 0 Å². The summed E-state index contributed by atoms with van der Waals surface area (Å²) in [5.74, 6) is 0. The smallest absolute Gasteiger partial charge is 0.243 e. The minimum absolute atomic E-state index is 0.399. The second kappa shape index (κ2) is 5.94. The van der Waals surface area contributed by atoms with Gasteiger partial charge in [-0.05, 0) is 50.6 Å². The van der Waals surface area contributed by atoms with Crippen LogP contribution in [0.4, 0.5) is 5.69 Å². The summed E-state index contributed by atoms with van der Waals surface area (Å²) < 4.78 is 27.1. The van der Waals surface area contributed by atoms with E-state index >= 15 is 0 Å². The van der Waals surface area contributed by atoms with Crippen molar-refractivity contribution in [2.75, 3.05) is 38.0 Å². The molecule has 0 spiro atoms. The van der Waals surface area contributed by atoms with Crippen molar-refractivity contribution in [3.8, 4) is 0 Å². The van der Waals surface area contributed by atoms with Crippen molar-refractivity contribution in [2.45, 2.75) is 30.7 Å². The Labute approximate surface area is 127 Å². The molecule has 0 radical (unpaired) electrons. The summed E-state index contributed by atoms with van der Waals surface area (Å²) >= 11 is 0. The quantitative estimate of drug-likeness (QED) is 0.917. The number of rotatable bonds is 4. The van der Waals surface area contributed by atoms with E-state index in [0.717, 1.165) is 31.7 Å². The maximum Gasteiger partial charge on any atom is 0.243 e. The first-order chi connectivity index (χ1) is 10.1. The van der Waals surface area contributed by atoms with Gasteiger partial charge in [0, 0.05) is 37.9 Å². The lowest BCUT2D eigenvalue weighted by molar-refractivity contribution is 0.158. The Morgan fingerprint density at radius 1 is 1.19 bits per heavy atom. The van der Waals surface area contributed by atoms with Crippen molar-refractivity contribution in [3.05, 3.63) is 24.3 Å². The van der Waals surface area contributed by atoms with E-state index in [1.165, 1.54) is 6.42 Å². The highest BCUT2D eigenvalue weighted by Crippen LogP contribution is 2.26. The molecule has 1 N–H and O–H groups in total. The highest BCUT2D eigenvalue weighted by Gasteiger charge is 2.36. The molecule has 2 aliphatic heterocycles. The zero-order valence-electron chi connectivity index (χ0n) is 12.5. The molecule has 1 aromatic rings. The van der Waals surface area contributed by atoms with Crippen LogP contribution in [0.3, 0.4) is 0 Å². The molecule has 3 rings (SSSR count). The van der Waals surface area contributed by atoms with Crippen molar-refractivity contribution in [1.82, 2.24) is 9.21 Å². The molecule has 2 heterocycles. The molecule has 2 fully saturated rings. The summed E-state index contributed by atoms with van der Waals surface area (Å²) in [4.78, 5) is 2.82. The topological polar surface area (TPSA) is 52.7 Å². The summed E-state index contributed by atoms with van der Waals surface area (Å²) in [6, 6.07) is 7.49. The summed E-state index contributed by atoms with van der Waals surface area (Å²) in [5, 5.41) is 3.18. The van der Waals surface area contributed by atoms with Crippen LogP contribution in [0.1, 0.15) is 19.8 Å². The number of sulfonamides is 1. The molecule has 116 valence electrons. The predicted octanol–water partition coefficient (Wildman–Crippen LogP) is 1.59. The zero-order chi connectivity index (χ0) is 14.9. The minimum Gasteiger partial charge on any atom is -0.385 e. The average Bonchev–Trinajstić information content (AvgIpc) is 2.95. The number of nitrogens with one attached hydrogen (secondary N) is 1. The maximum absolute atomic E-state index is 12.7. The first-order valence-corrected chi connectivity index (χ1v) is 9.13. The van der Waals surface area contributed by atoms with E-state index in [0.29, 0.717) is 24.0 Å². The summed E-state index contributed by atoms with van der Waals surface area (Å²) in [6.07, 6.45) is 2.31. The van der Waals surface area contributed by atoms with Crippen LogP contribution in [0.5, 0.6) is 0 Å². The van der Waals surface area contributed by atoms with Crippen LogP contribution < -0.4 is 5.32 Å². The van der Waals surface area contributed by atoms with E-state index in [4.69, 9.17) is 0 Å². The minimum atomic E-state index is -3.35. The molecule has 6 heteroatoms. The molecule has 0 saturated carbocycles. The van der Waals surface area contributed by atoms with Gasteiger partial charge >= 0.3 is 0 Å². The van der Waals surface area contributed by atoms with Gasteiger partial charge in [-0.25, -0.2) is 8.42 Å². The van der Waals surface area contributed by atoms with E-state index in [1.807, 2.05) is 19.1 Å². The Hall–Kier alpha value is -1.11. The third-order valence-electron chi connectivity index (χ3n) is 4.42. The van der Waals surface area contributed by atoms with E-state index in [-0.39, 0.29) is 0 Å². The van der Waals surface area contributed by atoms with E-state index in [2.05, 4.69) is 10.2 Å². The molecule has 5 nitrogen and oxygen atoms in total. The van der Waals surface area contributed by atoms with Gasteiger partial charge in [0.15, 0.2) is 0 Å². The summed E-state index contributed by atoms with van der Waals surface area (Å²) in [6.45, 7) is 6.07. The van der Waals surface area contributed by atoms with Crippen LogP contribution in [-0.4, -0.2) is 56.4 Å². The van der Waals surface area contributed by atoms with Gasteiger partial charge in [0.25, 0.3) is 0 Å². The van der Waals surface area contributed by atoms with Gasteiger partial charge < -0.3 is 5.32 Å². The molecule has 21 heavy (non-hydrogen) atoms. The van der Waals surface area contributed by atoms with Crippen molar-refractivity contribution >= 4 is 15.7 Å². The lowest BCUT2D eigenvalue weighted by Crippen LogP contribution is -2.51. The normalized spacial score (nSPS) is 24.0. The standard InChI is InChI=1S/C15H23N3O2S/c1-2-16-13-5-7-15(8-6-13)21(19,20)18-11-10-17-9-3-4-14(17)12-18/h5-8,14,16H,2-4,9-12H2,1H3. The van der Waals surface area contributed by atoms with Crippen LogP contribution >= 0.6 is 0 Å². The van der Waals surface area contributed by atoms with Gasteiger partial charge in [-0.15, -0.1) is 0 Å². The van der Waals surface area contributed by atoms with E-state index < -0.39 is 10.0 Å². The second-order valence-corrected chi connectivity index (χ2v) is 7.69. The predicted molar refractivity (Wildman–Crippen MR) is 84.0 cm³/mol. The number of hydrogen-bond donors (Lipinski definition) is 1. The summed E-state index contributed by atoms with van der Waals surface area (Å²) in [7, 11) is -3.35. The Balaban J connectivity index is 1.76. The third kappa shape index (κ3) is 2.93.